The second-order valence-corrected chi connectivity index (χ2v) is 8.83. The van der Waals surface area contributed by atoms with E-state index < -0.39 is 0 Å². The standard InChI is InChI=1S/C20H41N3/c1-15(2)19(5,6)14-20(7,8)18(11-16(3)21)13-23(10)12-17(4)22-9/h11,15,17,22H,3,12-14,21H2,1-2,4-10H3/b18-11+. The van der Waals surface area contributed by atoms with Gasteiger partial charge in [0.25, 0.3) is 0 Å². The van der Waals surface area contributed by atoms with E-state index in [1.54, 1.807) is 0 Å². The first-order valence-electron chi connectivity index (χ1n) is 8.83. The summed E-state index contributed by atoms with van der Waals surface area (Å²) in [5.41, 5.74) is 8.30. The molecule has 0 amide bonds. The Labute approximate surface area is 145 Å². The fourth-order valence-corrected chi connectivity index (χ4v) is 3.05. The summed E-state index contributed by atoms with van der Waals surface area (Å²) in [4.78, 5) is 2.36. The van der Waals surface area contributed by atoms with Crippen LogP contribution in [0.3, 0.4) is 0 Å². The molecule has 0 aromatic carbocycles. The van der Waals surface area contributed by atoms with Gasteiger partial charge < -0.3 is 16.0 Å². The molecule has 0 aromatic heterocycles. The van der Waals surface area contributed by atoms with Gasteiger partial charge >= 0.3 is 0 Å². The molecule has 0 aliphatic rings. The van der Waals surface area contributed by atoms with Crippen molar-refractivity contribution in [3.8, 4) is 0 Å². The molecular weight excluding hydrogens is 282 g/mol. The number of nitrogens with two attached hydrogens (primary N) is 1. The van der Waals surface area contributed by atoms with Crippen LogP contribution in [0.25, 0.3) is 0 Å². The van der Waals surface area contributed by atoms with Crippen molar-refractivity contribution in [3.05, 3.63) is 23.9 Å². The van der Waals surface area contributed by atoms with Crippen LogP contribution in [0.15, 0.2) is 23.9 Å². The molecule has 136 valence electrons. The highest BCUT2D eigenvalue weighted by molar-refractivity contribution is 5.24. The molecule has 0 spiro atoms. The summed E-state index contributed by atoms with van der Waals surface area (Å²) in [6.07, 6.45) is 3.21. The van der Waals surface area contributed by atoms with Gasteiger partial charge in [-0.1, -0.05) is 48.1 Å². The van der Waals surface area contributed by atoms with Gasteiger partial charge in [0.05, 0.1) is 0 Å². The summed E-state index contributed by atoms with van der Waals surface area (Å²) in [6, 6.07) is 0.470. The zero-order chi connectivity index (χ0) is 18.4. The van der Waals surface area contributed by atoms with Gasteiger partial charge in [-0.15, -0.1) is 0 Å². The van der Waals surface area contributed by atoms with Crippen molar-refractivity contribution < 1.29 is 0 Å². The quantitative estimate of drug-likeness (QED) is 0.597. The molecule has 0 saturated heterocycles. The maximum Gasteiger partial charge on any atom is 0.0241 e. The fourth-order valence-electron chi connectivity index (χ4n) is 3.05. The average Bonchev–Trinajstić information content (AvgIpc) is 2.35. The van der Waals surface area contributed by atoms with Crippen molar-refractivity contribution in [1.82, 2.24) is 10.2 Å². The van der Waals surface area contributed by atoms with Crippen molar-refractivity contribution in [2.45, 2.75) is 60.9 Å². The van der Waals surface area contributed by atoms with Gasteiger partial charge in [0.15, 0.2) is 0 Å². The Hall–Kier alpha value is -0.800. The lowest BCUT2D eigenvalue weighted by Crippen LogP contribution is -2.39. The van der Waals surface area contributed by atoms with Gasteiger partial charge in [-0.05, 0) is 55.8 Å². The first-order chi connectivity index (χ1) is 10.3. The molecule has 0 aliphatic heterocycles. The van der Waals surface area contributed by atoms with E-state index in [0.29, 0.717) is 17.7 Å². The molecular formula is C20H41N3. The number of nitrogens with zero attached hydrogens (tertiary/aromatic N) is 1. The summed E-state index contributed by atoms with van der Waals surface area (Å²) in [6.45, 7) is 22.0. The van der Waals surface area contributed by atoms with E-state index in [1.165, 1.54) is 5.57 Å². The van der Waals surface area contributed by atoms with E-state index in [9.17, 15) is 0 Å². The predicted molar refractivity (Wildman–Crippen MR) is 104 cm³/mol. The van der Waals surface area contributed by atoms with E-state index >= 15 is 0 Å². The third kappa shape index (κ3) is 8.03. The molecule has 0 bridgehead atoms. The molecule has 0 fully saturated rings. The van der Waals surface area contributed by atoms with Crippen LogP contribution in [0.5, 0.6) is 0 Å². The Balaban J connectivity index is 5.27. The lowest BCUT2D eigenvalue weighted by molar-refractivity contribution is 0.154. The number of rotatable bonds is 10. The average molecular weight is 324 g/mol. The van der Waals surface area contributed by atoms with Gasteiger partial charge in [0.2, 0.25) is 0 Å². The first-order valence-corrected chi connectivity index (χ1v) is 8.83. The minimum atomic E-state index is 0.0905. The number of hydrogen-bond donors (Lipinski definition) is 2. The molecule has 23 heavy (non-hydrogen) atoms. The molecule has 3 heteroatoms. The van der Waals surface area contributed by atoms with Gasteiger partial charge in [-0.2, -0.15) is 0 Å². The Bertz CT molecular complexity index is 405. The zero-order valence-corrected chi connectivity index (χ0v) is 17.1. The Morgan fingerprint density at radius 2 is 1.74 bits per heavy atom. The van der Waals surface area contributed by atoms with Gasteiger partial charge in [-0.25, -0.2) is 0 Å². The fraction of sp³-hybridized carbons (Fsp3) is 0.800. The maximum atomic E-state index is 5.91. The highest BCUT2D eigenvalue weighted by Crippen LogP contribution is 2.43. The van der Waals surface area contributed by atoms with E-state index in [4.69, 9.17) is 5.73 Å². The topological polar surface area (TPSA) is 41.3 Å². The van der Waals surface area contributed by atoms with Crippen LogP contribution >= 0.6 is 0 Å². The van der Waals surface area contributed by atoms with Gasteiger partial charge in [-0.3, -0.25) is 0 Å². The summed E-state index contributed by atoms with van der Waals surface area (Å²) in [5, 5.41) is 3.30. The summed E-state index contributed by atoms with van der Waals surface area (Å²) in [5.74, 6) is 0.645. The molecule has 3 nitrogen and oxygen atoms in total. The summed E-state index contributed by atoms with van der Waals surface area (Å²) in [7, 11) is 4.18. The minimum absolute atomic E-state index is 0.0905. The van der Waals surface area contributed by atoms with E-state index in [2.05, 4.69) is 78.4 Å². The Kier molecular flexibility index (Phi) is 8.58. The highest BCUT2D eigenvalue weighted by Gasteiger charge is 2.34. The van der Waals surface area contributed by atoms with Crippen LogP contribution in [-0.2, 0) is 0 Å². The molecule has 0 radical (unpaired) electrons. The third-order valence-corrected chi connectivity index (χ3v) is 5.21. The SMILES string of the molecule is C=C(N)/C=C(\CN(C)CC(C)NC)C(C)(C)CC(C)(C)C(C)C. The maximum absolute atomic E-state index is 5.91. The number of hydrogen-bond acceptors (Lipinski definition) is 3. The summed E-state index contributed by atoms with van der Waals surface area (Å²) < 4.78 is 0. The second kappa shape index (κ2) is 8.89. The molecule has 0 rings (SSSR count). The Morgan fingerprint density at radius 1 is 1.22 bits per heavy atom. The number of nitrogens with one attached hydrogen (secondary N) is 1. The van der Waals surface area contributed by atoms with Crippen LogP contribution in [0, 0.1) is 16.7 Å². The third-order valence-electron chi connectivity index (χ3n) is 5.21. The van der Waals surface area contributed by atoms with Crippen molar-refractivity contribution >= 4 is 0 Å². The summed E-state index contributed by atoms with van der Waals surface area (Å²) >= 11 is 0. The lowest BCUT2D eigenvalue weighted by atomic mass is 9.66. The van der Waals surface area contributed by atoms with Gasteiger partial charge in [0, 0.05) is 24.8 Å². The zero-order valence-electron chi connectivity index (χ0n) is 17.1. The molecule has 1 unspecified atom stereocenters. The van der Waals surface area contributed by atoms with Crippen molar-refractivity contribution in [2.24, 2.45) is 22.5 Å². The van der Waals surface area contributed by atoms with Crippen LogP contribution in [0.2, 0.25) is 0 Å². The van der Waals surface area contributed by atoms with Crippen LogP contribution in [0.1, 0.15) is 54.9 Å². The number of allylic oxidation sites excluding steroid dienone is 1. The highest BCUT2D eigenvalue weighted by atomic mass is 15.1. The minimum Gasteiger partial charge on any atom is -0.399 e. The van der Waals surface area contributed by atoms with Crippen LogP contribution in [-0.4, -0.2) is 38.1 Å². The van der Waals surface area contributed by atoms with E-state index in [-0.39, 0.29) is 10.8 Å². The normalized spacial score (nSPS) is 15.3. The Morgan fingerprint density at radius 3 is 2.13 bits per heavy atom. The van der Waals surface area contributed by atoms with E-state index in [1.807, 2.05) is 7.05 Å². The predicted octanol–water partition coefficient (Wildman–Crippen LogP) is 4.02. The number of likely N-dealkylation sites (N-methyl/N-ethyl adjacent to an activating group) is 2. The molecule has 3 N–H and O–H groups in total. The lowest BCUT2D eigenvalue weighted by Gasteiger charge is -2.40. The molecule has 1 atom stereocenters. The first kappa shape index (κ1) is 22.2. The van der Waals surface area contributed by atoms with Crippen LogP contribution < -0.4 is 11.1 Å². The molecule has 0 aliphatic carbocycles. The monoisotopic (exact) mass is 323 g/mol. The van der Waals surface area contributed by atoms with Crippen molar-refractivity contribution in [1.29, 1.82) is 0 Å². The van der Waals surface area contributed by atoms with Crippen molar-refractivity contribution in [3.63, 3.8) is 0 Å². The smallest absolute Gasteiger partial charge is 0.0241 e. The largest absolute Gasteiger partial charge is 0.399 e. The van der Waals surface area contributed by atoms with E-state index in [0.717, 1.165) is 19.5 Å². The second-order valence-electron chi connectivity index (χ2n) is 8.83. The molecule has 0 heterocycles. The van der Waals surface area contributed by atoms with Crippen LogP contribution in [0.4, 0.5) is 0 Å². The van der Waals surface area contributed by atoms with Gasteiger partial charge in [0.1, 0.15) is 0 Å². The van der Waals surface area contributed by atoms with Crippen molar-refractivity contribution in [2.75, 3.05) is 27.2 Å². The molecule has 0 saturated carbocycles. The molecule has 0 aromatic rings.